The number of nitrogens with two attached hydrogens (primary N) is 1. The van der Waals surface area contributed by atoms with Gasteiger partial charge in [0.15, 0.2) is 0 Å². The Hall–Kier alpha value is -3.19. The Morgan fingerprint density at radius 2 is 2.00 bits per heavy atom. The molecule has 1 saturated carbocycles. The lowest BCUT2D eigenvalue weighted by atomic mass is 9.92. The number of anilines is 2. The topological polar surface area (TPSA) is 87.7 Å². The van der Waals surface area contributed by atoms with Crippen LogP contribution in [0.4, 0.5) is 16.2 Å². The number of carbonyl (C=O) groups is 1. The Bertz CT molecular complexity index is 1110. The fourth-order valence-electron chi connectivity index (χ4n) is 4.51. The Morgan fingerprint density at radius 3 is 2.66 bits per heavy atom. The van der Waals surface area contributed by atoms with Crippen molar-refractivity contribution < 1.29 is 19.0 Å². The van der Waals surface area contributed by atoms with E-state index >= 15 is 0 Å². The average molecular weight is 436 g/mol. The van der Waals surface area contributed by atoms with Crippen molar-refractivity contribution in [2.75, 3.05) is 30.9 Å². The summed E-state index contributed by atoms with van der Waals surface area (Å²) in [7, 11) is 0. The number of nitrogens with one attached hydrogen (secondary N) is 1. The SMILES string of the molecule is CCOc1ccc2c(c1)c(N)c(-c1ccc(NC(=O)OC3CCOC3)cc1)n2C1CCC1. The van der Waals surface area contributed by atoms with Crippen LogP contribution in [-0.2, 0) is 9.47 Å². The predicted molar refractivity (Wildman–Crippen MR) is 125 cm³/mol. The van der Waals surface area contributed by atoms with E-state index in [2.05, 4.69) is 16.0 Å². The standard InChI is InChI=1S/C25H29N3O4/c1-2-31-19-10-11-22-21(14-19)23(26)24(28(22)18-4-3-5-18)16-6-8-17(9-7-16)27-25(29)32-20-12-13-30-15-20/h6-11,14,18,20H,2-5,12-13,15,26H2,1H3,(H,27,29). The number of carbonyl (C=O) groups excluding carboxylic acids is 1. The maximum atomic E-state index is 12.1. The number of benzene rings is 2. The van der Waals surface area contributed by atoms with E-state index in [-0.39, 0.29) is 6.10 Å². The molecule has 7 heteroatoms. The first-order valence-electron chi connectivity index (χ1n) is 11.4. The van der Waals surface area contributed by atoms with Crippen LogP contribution in [0.25, 0.3) is 22.2 Å². The molecule has 1 atom stereocenters. The number of fused-ring (bicyclic) bond motifs is 1. The smallest absolute Gasteiger partial charge is 0.411 e. The van der Waals surface area contributed by atoms with Gasteiger partial charge in [-0.15, -0.1) is 0 Å². The van der Waals surface area contributed by atoms with Gasteiger partial charge in [-0.05, 0) is 56.5 Å². The van der Waals surface area contributed by atoms with Crippen LogP contribution in [0.1, 0.15) is 38.6 Å². The highest BCUT2D eigenvalue weighted by atomic mass is 16.6. The Kier molecular flexibility index (Phi) is 5.66. The second-order valence-corrected chi connectivity index (χ2v) is 8.42. The first-order chi connectivity index (χ1) is 15.6. The number of rotatable bonds is 6. The number of hydrogen-bond donors (Lipinski definition) is 2. The van der Waals surface area contributed by atoms with Crippen molar-refractivity contribution in [3.63, 3.8) is 0 Å². The molecule has 5 rings (SSSR count). The zero-order valence-corrected chi connectivity index (χ0v) is 18.3. The second kappa shape index (κ2) is 8.74. The Balaban J connectivity index is 1.44. The van der Waals surface area contributed by atoms with Gasteiger partial charge < -0.3 is 24.5 Å². The Morgan fingerprint density at radius 1 is 1.19 bits per heavy atom. The molecule has 2 fully saturated rings. The minimum Gasteiger partial charge on any atom is -0.494 e. The lowest BCUT2D eigenvalue weighted by molar-refractivity contribution is 0.0932. The summed E-state index contributed by atoms with van der Waals surface area (Å²) in [6, 6.07) is 14.4. The third-order valence-electron chi connectivity index (χ3n) is 6.33. The van der Waals surface area contributed by atoms with Crippen LogP contribution in [0.15, 0.2) is 42.5 Å². The highest BCUT2D eigenvalue weighted by Crippen LogP contribution is 2.44. The zero-order chi connectivity index (χ0) is 22.1. The fourth-order valence-corrected chi connectivity index (χ4v) is 4.51. The van der Waals surface area contributed by atoms with E-state index in [4.69, 9.17) is 19.9 Å². The quantitative estimate of drug-likeness (QED) is 0.545. The molecule has 2 aliphatic rings. The van der Waals surface area contributed by atoms with Crippen molar-refractivity contribution in [3.05, 3.63) is 42.5 Å². The summed E-state index contributed by atoms with van der Waals surface area (Å²) in [5.74, 6) is 0.828. The minimum atomic E-state index is -0.459. The van der Waals surface area contributed by atoms with Crippen LogP contribution < -0.4 is 15.8 Å². The molecule has 1 aliphatic carbocycles. The maximum absolute atomic E-state index is 12.1. The lowest BCUT2D eigenvalue weighted by Crippen LogP contribution is -2.22. The monoisotopic (exact) mass is 435 g/mol. The van der Waals surface area contributed by atoms with E-state index in [1.807, 2.05) is 43.3 Å². The van der Waals surface area contributed by atoms with Crippen LogP contribution in [0, 0.1) is 0 Å². The molecule has 1 aliphatic heterocycles. The summed E-state index contributed by atoms with van der Waals surface area (Å²) in [6.45, 7) is 3.69. The molecule has 1 unspecified atom stereocenters. The van der Waals surface area contributed by atoms with E-state index in [0.29, 0.717) is 31.5 Å². The van der Waals surface area contributed by atoms with Crippen molar-refractivity contribution >= 4 is 28.4 Å². The predicted octanol–water partition coefficient (Wildman–Crippen LogP) is 5.35. The van der Waals surface area contributed by atoms with Crippen LogP contribution in [-0.4, -0.2) is 36.6 Å². The summed E-state index contributed by atoms with van der Waals surface area (Å²) in [5.41, 5.74) is 11.3. The molecule has 3 aromatic rings. The third kappa shape index (κ3) is 3.88. The van der Waals surface area contributed by atoms with Crippen LogP contribution in [0.2, 0.25) is 0 Å². The molecule has 1 aromatic heterocycles. The molecular formula is C25H29N3O4. The van der Waals surface area contributed by atoms with E-state index < -0.39 is 6.09 Å². The van der Waals surface area contributed by atoms with E-state index in [1.54, 1.807) is 0 Å². The van der Waals surface area contributed by atoms with Gasteiger partial charge in [-0.25, -0.2) is 4.79 Å². The fraction of sp³-hybridized carbons (Fsp3) is 0.400. The molecule has 0 spiro atoms. The van der Waals surface area contributed by atoms with Gasteiger partial charge in [-0.2, -0.15) is 0 Å². The number of nitrogens with zero attached hydrogens (tertiary/aromatic N) is 1. The first-order valence-corrected chi connectivity index (χ1v) is 11.4. The molecule has 7 nitrogen and oxygen atoms in total. The van der Waals surface area contributed by atoms with Gasteiger partial charge in [0.05, 0.1) is 36.7 Å². The summed E-state index contributed by atoms with van der Waals surface area (Å²) in [5, 5.41) is 3.81. The van der Waals surface area contributed by atoms with Crippen molar-refractivity contribution in [2.45, 2.75) is 44.8 Å². The molecule has 168 valence electrons. The number of amides is 1. The zero-order valence-electron chi connectivity index (χ0n) is 18.3. The van der Waals surface area contributed by atoms with Crippen molar-refractivity contribution in [1.82, 2.24) is 4.57 Å². The van der Waals surface area contributed by atoms with Gasteiger partial charge >= 0.3 is 6.09 Å². The summed E-state index contributed by atoms with van der Waals surface area (Å²) in [6.07, 6.45) is 3.65. The summed E-state index contributed by atoms with van der Waals surface area (Å²) in [4.78, 5) is 12.1. The van der Waals surface area contributed by atoms with Gasteiger partial charge in [0.25, 0.3) is 0 Å². The van der Waals surface area contributed by atoms with Gasteiger partial charge in [0.2, 0.25) is 0 Å². The molecule has 0 bridgehead atoms. The second-order valence-electron chi connectivity index (χ2n) is 8.42. The lowest BCUT2D eigenvalue weighted by Gasteiger charge is -2.30. The summed E-state index contributed by atoms with van der Waals surface area (Å²) < 4.78 is 18.7. The summed E-state index contributed by atoms with van der Waals surface area (Å²) >= 11 is 0. The largest absolute Gasteiger partial charge is 0.494 e. The van der Waals surface area contributed by atoms with Gasteiger partial charge in [0.1, 0.15) is 11.9 Å². The number of aromatic nitrogens is 1. The van der Waals surface area contributed by atoms with Crippen molar-refractivity contribution in [1.29, 1.82) is 0 Å². The number of ether oxygens (including phenoxy) is 3. The Labute approximate surface area is 187 Å². The van der Waals surface area contributed by atoms with Crippen LogP contribution in [0.3, 0.4) is 0 Å². The van der Waals surface area contributed by atoms with Crippen molar-refractivity contribution in [3.8, 4) is 17.0 Å². The number of nitrogen functional groups attached to an aromatic ring is 1. The molecule has 0 radical (unpaired) electrons. The van der Waals surface area contributed by atoms with E-state index in [0.717, 1.165) is 52.9 Å². The molecule has 1 saturated heterocycles. The average Bonchev–Trinajstić information content (AvgIpc) is 3.35. The maximum Gasteiger partial charge on any atom is 0.411 e. The number of hydrogen-bond acceptors (Lipinski definition) is 5. The van der Waals surface area contributed by atoms with E-state index in [9.17, 15) is 4.79 Å². The van der Waals surface area contributed by atoms with Crippen LogP contribution in [0.5, 0.6) is 5.75 Å². The molecular weight excluding hydrogens is 406 g/mol. The van der Waals surface area contributed by atoms with Gasteiger partial charge in [0, 0.05) is 29.1 Å². The van der Waals surface area contributed by atoms with Crippen LogP contribution >= 0.6 is 0 Å². The molecule has 2 heterocycles. The van der Waals surface area contributed by atoms with E-state index in [1.165, 1.54) is 6.42 Å². The minimum absolute atomic E-state index is 0.172. The molecule has 32 heavy (non-hydrogen) atoms. The van der Waals surface area contributed by atoms with Crippen molar-refractivity contribution in [2.24, 2.45) is 0 Å². The highest BCUT2D eigenvalue weighted by molar-refractivity contribution is 6.02. The first kappa shape index (κ1) is 20.7. The molecule has 1 amide bonds. The molecule has 3 N–H and O–H groups in total. The normalized spacial score (nSPS) is 18.5. The van der Waals surface area contributed by atoms with Gasteiger partial charge in [-0.1, -0.05) is 12.1 Å². The van der Waals surface area contributed by atoms with Gasteiger partial charge in [-0.3, -0.25) is 5.32 Å². The highest BCUT2D eigenvalue weighted by Gasteiger charge is 2.27. The third-order valence-corrected chi connectivity index (χ3v) is 6.33. The molecule has 2 aromatic carbocycles.